The molecule has 144 valence electrons. The van der Waals surface area contributed by atoms with Gasteiger partial charge in [0.05, 0.1) is 0 Å². The van der Waals surface area contributed by atoms with Gasteiger partial charge in [0.2, 0.25) is 0 Å². The maximum Gasteiger partial charge on any atom is 0.191 e. The Bertz CT molecular complexity index is 808. The zero-order valence-electron chi connectivity index (χ0n) is 15.6. The van der Waals surface area contributed by atoms with Gasteiger partial charge in [0, 0.05) is 29.3 Å². The van der Waals surface area contributed by atoms with Gasteiger partial charge in [0.1, 0.15) is 5.82 Å². The first-order chi connectivity index (χ1) is 13.0. The molecule has 1 heterocycles. The summed E-state index contributed by atoms with van der Waals surface area (Å²) >= 11 is 14.3. The summed E-state index contributed by atoms with van der Waals surface area (Å²) in [6.45, 7) is 0. The van der Waals surface area contributed by atoms with Crippen LogP contribution in [0, 0.1) is 23.2 Å². The molecule has 4 bridgehead atoms. The van der Waals surface area contributed by atoms with Crippen LogP contribution < -0.4 is 0 Å². The largest absolute Gasteiger partial charge is 0.309 e. The minimum absolute atomic E-state index is 0.490. The Labute approximate surface area is 175 Å². The predicted molar refractivity (Wildman–Crippen MR) is 111 cm³/mol. The maximum absolute atomic E-state index is 6.30. The van der Waals surface area contributed by atoms with E-state index < -0.39 is 0 Å². The Morgan fingerprint density at radius 1 is 1.04 bits per heavy atom. The summed E-state index contributed by atoms with van der Waals surface area (Å²) in [4.78, 5) is 0. The molecule has 0 N–H and O–H groups in total. The van der Waals surface area contributed by atoms with E-state index in [1.54, 1.807) is 11.8 Å². The fraction of sp³-hybridized carbons (Fsp3) is 0.619. The third-order valence-corrected chi connectivity index (χ3v) is 8.79. The number of benzene rings is 1. The smallest absolute Gasteiger partial charge is 0.191 e. The molecule has 0 aliphatic heterocycles. The second kappa shape index (κ2) is 6.96. The molecule has 0 saturated heterocycles. The lowest BCUT2D eigenvalue weighted by Crippen LogP contribution is -2.47. The van der Waals surface area contributed by atoms with E-state index in [1.807, 2.05) is 18.2 Å². The van der Waals surface area contributed by atoms with Crippen molar-refractivity contribution in [1.82, 2.24) is 14.8 Å². The van der Waals surface area contributed by atoms with E-state index in [1.165, 1.54) is 38.5 Å². The summed E-state index contributed by atoms with van der Waals surface area (Å²) < 4.78 is 2.19. The molecule has 0 atom stereocenters. The zero-order chi connectivity index (χ0) is 18.6. The van der Waals surface area contributed by atoms with E-state index in [0.717, 1.165) is 40.7 Å². The van der Waals surface area contributed by atoms with Crippen molar-refractivity contribution < 1.29 is 0 Å². The molecule has 1 aromatic heterocycles. The van der Waals surface area contributed by atoms with Gasteiger partial charge in [-0.15, -0.1) is 10.2 Å². The van der Waals surface area contributed by atoms with Gasteiger partial charge in [-0.2, -0.15) is 0 Å². The first-order valence-corrected chi connectivity index (χ1v) is 11.7. The Kier molecular flexibility index (Phi) is 4.73. The van der Waals surface area contributed by atoms with E-state index >= 15 is 0 Å². The Balaban J connectivity index is 1.31. The minimum atomic E-state index is 0.490. The van der Waals surface area contributed by atoms with Crippen molar-refractivity contribution in [2.45, 2.75) is 55.9 Å². The van der Waals surface area contributed by atoms with Gasteiger partial charge in [0.15, 0.2) is 5.16 Å². The van der Waals surface area contributed by atoms with Crippen LogP contribution >= 0.6 is 35.0 Å². The van der Waals surface area contributed by atoms with Gasteiger partial charge in [0.25, 0.3) is 0 Å². The molecule has 2 aromatic rings. The number of aromatic nitrogens is 3. The summed E-state index contributed by atoms with van der Waals surface area (Å²) in [6.07, 6.45) is 9.76. The summed E-state index contributed by atoms with van der Waals surface area (Å²) in [5, 5.41) is 11.4. The minimum Gasteiger partial charge on any atom is -0.309 e. The molecular formula is C21H25Cl2N3S. The van der Waals surface area contributed by atoms with Gasteiger partial charge >= 0.3 is 0 Å². The molecule has 0 radical (unpaired) electrons. The van der Waals surface area contributed by atoms with Crippen LogP contribution in [0.3, 0.4) is 0 Å². The average Bonchev–Trinajstić information content (AvgIpc) is 2.93. The highest BCUT2D eigenvalue weighted by molar-refractivity contribution is 7.98. The van der Waals surface area contributed by atoms with Crippen LogP contribution in [0.1, 0.15) is 49.9 Å². The summed E-state index contributed by atoms with van der Waals surface area (Å²) in [6, 6.07) is 5.65. The number of rotatable bonds is 5. The van der Waals surface area contributed by atoms with Crippen LogP contribution in [0.2, 0.25) is 10.0 Å². The SMILES string of the molecule is Cn1c(CC23CC4CC(CC(C4)C2)C3)nnc1SCc1c(Cl)cccc1Cl. The fourth-order valence-corrected chi connectivity index (χ4v) is 7.95. The van der Waals surface area contributed by atoms with E-state index in [2.05, 4.69) is 21.8 Å². The second-order valence-corrected chi connectivity index (χ2v) is 10.8. The standard InChI is InChI=1S/C21H25Cl2N3S/c1-26-19(11-21-8-13-5-14(9-21)7-15(6-13)10-21)24-25-20(26)27-12-16-17(22)3-2-4-18(16)23/h2-4,13-15H,5-12H2,1H3. The van der Waals surface area contributed by atoms with Crippen LogP contribution in [-0.2, 0) is 19.2 Å². The van der Waals surface area contributed by atoms with Crippen molar-refractivity contribution in [2.24, 2.45) is 30.2 Å². The van der Waals surface area contributed by atoms with Crippen molar-refractivity contribution in [3.8, 4) is 0 Å². The highest BCUT2D eigenvalue weighted by Gasteiger charge is 2.51. The van der Waals surface area contributed by atoms with Gasteiger partial charge in [-0.1, -0.05) is 41.0 Å². The lowest BCUT2D eigenvalue weighted by molar-refractivity contribution is -0.0535. The van der Waals surface area contributed by atoms with Crippen LogP contribution in [0.5, 0.6) is 0 Å². The normalized spacial score (nSPS) is 31.6. The van der Waals surface area contributed by atoms with E-state index in [9.17, 15) is 0 Å². The molecule has 0 unspecified atom stereocenters. The van der Waals surface area contributed by atoms with Gasteiger partial charge in [-0.05, 0) is 79.4 Å². The van der Waals surface area contributed by atoms with Crippen LogP contribution in [-0.4, -0.2) is 14.8 Å². The van der Waals surface area contributed by atoms with Gasteiger partial charge < -0.3 is 4.57 Å². The maximum atomic E-state index is 6.30. The van der Waals surface area contributed by atoms with Crippen molar-refractivity contribution >= 4 is 35.0 Å². The second-order valence-electron chi connectivity index (χ2n) is 9.04. The molecule has 1 aromatic carbocycles. The molecule has 0 spiro atoms. The van der Waals surface area contributed by atoms with Crippen LogP contribution in [0.25, 0.3) is 0 Å². The lowest BCUT2D eigenvalue weighted by atomic mass is 9.49. The zero-order valence-corrected chi connectivity index (χ0v) is 18.0. The topological polar surface area (TPSA) is 30.7 Å². The number of hydrogen-bond acceptors (Lipinski definition) is 3. The Morgan fingerprint density at radius 3 is 2.22 bits per heavy atom. The molecular weight excluding hydrogens is 397 g/mol. The van der Waals surface area contributed by atoms with Crippen molar-refractivity contribution in [3.05, 3.63) is 39.6 Å². The number of thioether (sulfide) groups is 1. The van der Waals surface area contributed by atoms with Crippen molar-refractivity contribution in [2.75, 3.05) is 0 Å². The highest BCUT2D eigenvalue weighted by Crippen LogP contribution is 2.61. The van der Waals surface area contributed by atoms with Gasteiger partial charge in [-0.25, -0.2) is 0 Å². The van der Waals surface area contributed by atoms with Crippen LogP contribution in [0.15, 0.2) is 23.4 Å². The first kappa shape index (κ1) is 18.3. The number of hydrogen-bond donors (Lipinski definition) is 0. The number of nitrogens with zero attached hydrogens (tertiary/aromatic N) is 3. The fourth-order valence-electron chi connectivity index (χ4n) is 6.27. The summed E-state index contributed by atoms with van der Waals surface area (Å²) in [7, 11) is 2.10. The number of halogens is 2. The average molecular weight is 422 g/mol. The molecule has 4 saturated carbocycles. The van der Waals surface area contributed by atoms with Crippen molar-refractivity contribution in [3.63, 3.8) is 0 Å². The van der Waals surface area contributed by atoms with E-state index in [-0.39, 0.29) is 0 Å². The Morgan fingerprint density at radius 2 is 1.63 bits per heavy atom. The summed E-state index contributed by atoms with van der Waals surface area (Å²) in [5.41, 5.74) is 1.46. The summed E-state index contributed by atoms with van der Waals surface area (Å²) in [5.74, 6) is 4.77. The Hall–Kier alpha value is -0.710. The third kappa shape index (κ3) is 3.42. The molecule has 6 rings (SSSR count). The molecule has 0 amide bonds. The van der Waals surface area contributed by atoms with Gasteiger partial charge in [-0.3, -0.25) is 0 Å². The highest BCUT2D eigenvalue weighted by atomic mass is 35.5. The molecule has 4 aliphatic rings. The first-order valence-electron chi connectivity index (χ1n) is 9.95. The molecule has 3 nitrogen and oxygen atoms in total. The van der Waals surface area contributed by atoms with Crippen LogP contribution in [0.4, 0.5) is 0 Å². The monoisotopic (exact) mass is 421 g/mol. The third-order valence-electron chi connectivity index (χ3n) is 7.03. The van der Waals surface area contributed by atoms with E-state index in [4.69, 9.17) is 23.2 Å². The molecule has 6 heteroatoms. The van der Waals surface area contributed by atoms with Crippen molar-refractivity contribution in [1.29, 1.82) is 0 Å². The molecule has 27 heavy (non-hydrogen) atoms. The molecule has 4 aliphatic carbocycles. The quantitative estimate of drug-likeness (QED) is 0.540. The van der Waals surface area contributed by atoms with E-state index in [0.29, 0.717) is 21.2 Å². The lowest BCUT2D eigenvalue weighted by Gasteiger charge is -2.56. The molecule has 4 fully saturated rings. The predicted octanol–water partition coefficient (Wildman–Crippen LogP) is 6.17.